The minimum Gasteiger partial charge on any atom is -0.497 e. The normalized spacial score (nSPS) is 16.9. The average Bonchev–Trinajstić information content (AvgIpc) is 3.57. The molecule has 2 aliphatic rings. The third-order valence-corrected chi connectivity index (χ3v) is 9.06. The van der Waals surface area contributed by atoms with Crippen molar-refractivity contribution in [2.24, 2.45) is 4.99 Å². The summed E-state index contributed by atoms with van der Waals surface area (Å²) in [6.07, 6.45) is 5.11. The van der Waals surface area contributed by atoms with Crippen LogP contribution in [0.5, 0.6) is 5.75 Å². The van der Waals surface area contributed by atoms with Crippen molar-refractivity contribution in [2.75, 3.05) is 40.0 Å². The maximum absolute atomic E-state index is 14.3. The molecule has 0 bridgehead atoms. The molecule has 10 nitrogen and oxygen atoms in total. The van der Waals surface area contributed by atoms with Crippen LogP contribution < -0.4 is 19.6 Å². The smallest absolute Gasteiger partial charge is 0.338 e. The summed E-state index contributed by atoms with van der Waals surface area (Å²) in [5.74, 6) is 0.157. The molecule has 4 heterocycles. The van der Waals surface area contributed by atoms with E-state index in [2.05, 4.69) is 0 Å². The molecule has 45 heavy (non-hydrogen) atoms. The third kappa shape index (κ3) is 5.97. The van der Waals surface area contributed by atoms with Gasteiger partial charge in [-0.3, -0.25) is 14.2 Å². The van der Waals surface area contributed by atoms with Crippen molar-refractivity contribution in [3.8, 4) is 5.75 Å². The number of nitrogens with zero attached hydrogens (tertiary/aromatic N) is 4. The van der Waals surface area contributed by atoms with Crippen LogP contribution in [0.4, 0.5) is 0 Å². The second-order valence-electron chi connectivity index (χ2n) is 10.9. The predicted molar refractivity (Wildman–Crippen MR) is 172 cm³/mol. The van der Waals surface area contributed by atoms with E-state index in [4.69, 9.17) is 19.2 Å². The fourth-order valence-corrected chi connectivity index (χ4v) is 6.98. The third-order valence-electron chi connectivity index (χ3n) is 8.08. The molecule has 1 amide bonds. The summed E-state index contributed by atoms with van der Waals surface area (Å²) in [6.45, 7) is 6.42. The number of hydrogen-bond acceptors (Lipinski definition) is 8. The number of rotatable bonds is 9. The maximum atomic E-state index is 14.3. The van der Waals surface area contributed by atoms with Crippen LogP contribution in [0.15, 0.2) is 75.8 Å². The molecule has 0 radical (unpaired) electrons. The molecule has 6 rings (SSSR count). The number of fused-ring (bicyclic) bond motifs is 2. The van der Waals surface area contributed by atoms with Gasteiger partial charge >= 0.3 is 5.97 Å². The Kier molecular flexibility index (Phi) is 8.99. The van der Waals surface area contributed by atoms with E-state index in [9.17, 15) is 14.4 Å². The number of amides is 1. The summed E-state index contributed by atoms with van der Waals surface area (Å²) in [4.78, 5) is 48.1. The predicted octanol–water partition coefficient (Wildman–Crippen LogP) is 3.40. The van der Waals surface area contributed by atoms with Crippen LogP contribution in [-0.2, 0) is 25.6 Å². The average molecular weight is 629 g/mol. The van der Waals surface area contributed by atoms with Gasteiger partial charge in [0.1, 0.15) is 12.3 Å². The molecule has 0 N–H and O–H groups in total. The molecule has 234 valence electrons. The summed E-state index contributed by atoms with van der Waals surface area (Å²) >= 11 is 1.29. The molecule has 1 atom stereocenters. The molecule has 2 aromatic carbocycles. The Labute approximate surface area is 264 Å². The van der Waals surface area contributed by atoms with Gasteiger partial charge in [0, 0.05) is 35.8 Å². The van der Waals surface area contributed by atoms with Crippen LogP contribution in [-0.4, -0.2) is 65.9 Å². The van der Waals surface area contributed by atoms with E-state index in [1.165, 1.54) is 11.3 Å². The number of methoxy groups -OCH3 is 1. The number of thiazole rings is 1. The molecule has 1 fully saturated rings. The van der Waals surface area contributed by atoms with Gasteiger partial charge in [-0.15, -0.1) is 0 Å². The first-order chi connectivity index (χ1) is 21.9. The number of aromatic nitrogens is 2. The Morgan fingerprint density at radius 3 is 2.67 bits per heavy atom. The van der Waals surface area contributed by atoms with Crippen LogP contribution >= 0.6 is 11.3 Å². The highest BCUT2D eigenvalue weighted by molar-refractivity contribution is 7.07. The topological polar surface area (TPSA) is 104 Å². The van der Waals surface area contributed by atoms with Crippen molar-refractivity contribution >= 4 is 40.2 Å². The summed E-state index contributed by atoms with van der Waals surface area (Å²) in [5.41, 5.74) is 3.18. The van der Waals surface area contributed by atoms with Gasteiger partial charge in [0.05, 0.1) is 48.8 Å². The van der Waals surface area contributed by atoms with E-state index in [0.717, 1.165) is 28.5 Å². The fraction of sp³-hybridized carbons (Fsp3) is 0.353. The first kappa shape index (κ1) is 30.5. The Morgan fingerprint density at radius 2 is 1.91 bits per heavy atom. The lowest BCUT2D eigenvalue weighted by atomic mass is 9.94. The van der Waals surface area contributed by atoms with Gasteiger partial charge < -0.3 is 23.7 Å². The van der Waals surface area contributed by atoms with E-state index < -0.39 is 12.0 Å². The van der Waals surface area contributed by atoms with Gasteiger partial charge in [0.15, 0.2) is 4.80 Å². The summed E-state index contributed by atoms with van der Waals surface area (Å²) < 4.78 is 20.4. The molecule has 0 spiro atoms. The number of ether oxygens (including phenoxy) is 3. The summed E-state index contributed by atoms with van der Waals surface area (Å²) in [6, 6.07) is 14.5. The van der Waals surface area contributed by atoms with Crippen molar-refractivity contribution in [1.82, 2.24) is 14.0 Å². The van der Waals surface area contributed by atoms with E-state index in [1.807, 2.05) is 77.2 Å². The van der Waals surface area contributed by atoms with Gasteiger partial charge in [-0.1, -0.05) is 55.0 Å². The minimum absolute atomic E-state index is 0.0261. The highest BCUT2D eigenvalue weighted by Gasteiger charge is 2.34. The lowest BCUT2D eigenvalue weighted by Crippen LogP contribution is -2.42. The molecule has 0 aliphatic carbocycles. The minimum atomic E-state index is -0.730. The number of hydrogen-bond donors (Lipinski definition) is 0. The Balaban J connectivity index is 1.49. The monoisotopic (exact) mass is 628 g/mol. The Morgan fingerprint density at radius 1 is 1.11 bits per heavy atom. The zero-order valence-electron chi connectivity index (χ0n) is 25.7. The number of carbonyl (C=O) groups excluding carboxylic acids is 2. The lowest BCUT2D eigenvalue weighted by molar-refractivity contribution is -0.139. The van der Waals surface area contributed by atoms with Gasteiger partial charge in [0.25, 0.3) is 5.56 Å². The highest BCUT2D eigenvalue weighted by atomic mass is 32.1. The first-order valence-corrected chi connectivity index (χ1v) is 16.0. The second kappa shape index (κ2) is 13.3. The molecular formula is C34H36N4O6S. The van der Waals surface area contributed by atoms with E-state index >= 15 is 0 Å². The van der Waals surface area contributed by atoms with Crippen molar-refractivity contribution < 1.29 is 23.8 Å². The fourth-order valence-electron chi connectivity index (χ4n) is 5.97. The molecular weight excluding hydrogens is 592 g/mol. The molecule has 4 aromatic rings. The summed E-state index contributed by atoms with van der Waals surface area (Å²) in [7, 11) is 1.58. The quantitative estimate of drug-likeness (QED) is 0.263. The van der Waals surface area contributed by atoms with Gasteiger partial charge in [-0.05, 0) is 43.2 Å². The van der Waals surface area contributed by atoms with Gasteiger partial charge in [-0.25, -0.2) is 9.79 Å². The van der Waals surface area contributed by atoms with E-state index in [-0.39, 0.29) is 24.6 Å². The zero-order valence-corrected chi connectivity index (χ0v) is 26.5. The highest BCUT2D eigenvalue weighted by Crippen LogP contribution is 2.34. The molecule has 2 aromatic heterocycles. The number of para-hydroxylation sites is 1. The molecule has 11 heteroatoms. The van der Waals surface area contributed by atoms with Crippen LogP contribution in [0.1, 0.15) is 43.9 Å². The van der Waals surface area contributed by atoms with E-state index in [0.29, 0.717) is 59.1 Å². The molecule has 0 unspecified atom stereocenters. The molecule has 2 aliphatic heterocycles. The van der Waals surface area contributed by atoms with Gasteiger partial charge in [-0.2, -0.15) is 0 Å². The first-order valence-electron chi connectivity index (χ1n) is 15.2. The van der Waals surface area contributed by atoms with Crippen LogP contribution in [0.2, 0.25) is 0 Å². The number of morpholine rings is 1. The van der Waals surface area contributed by atoms with Crippen molar-refractivity contribution in [2.45, 2.75) is 39.3 Å². The number of esters is 1. The number of benzene rings is 2. The standard InChI is InChI=1S/C34H36N4O6S/c1-4-9-26-30(33(41)44-5-2)31(22-10-8-11-24(18-22)42-3)38-32(40)28(45-34(38)35-26)19-23-20-37(27-13-7-6-12-25(23)27)21-29(39)36-14-16-43-17-15-36/h6-8,10-13,18-20,31H,4-5,9,14-17,21H2,1-3H3/b28-19+/t31-/m0/s1. The number of carbonyl (C=O) groups is 2. The maximum Gasteiger partial charge on any atom is 0.338 e. The number of allylic oxidation sites excluding steroid dienone is 1. The van der Waals surface area contributed by atoms with Crippen molar-refractivity contribution in [1.29, 1.82) is 0 Å². The van der Waals surface area contributed by atoms with Crippen LogP contribution in [0.3, 0.4) is 0 Å². The van der Waals surface area contributed by atoms with Gasteiger partial charge in [0.2, 0.25) is 5.91 Å². The summed E-state index contributed by atoms with van der Waals surface area (Å²) in [5, 5.41) is 0.932. The van der Waals surface area contributed by atoms with Crippen molar-refractivity contribution in [3.63, 3.8) is 0 Å². The van der Waals surface area contributed by atoms with E-state index in [1.54, 1.807) is 18.6 Å². The lowest BCUT2D eigenvalue weighted by Gasteiger charge is -2.27. The van der Waals surface area contributed by atoms with Crippen LogP contribution in [0.25, 0.3) is 17.0 Å². The van der Waals surface area contributed by atoms with Crippen LogP contribution in [0, 0.1) is 0 Å². The Hall–Kier alpha value is -4.48. The molecule has 1 saturated heterocycles. The molecule has 0 saturated carbocycles. The Bertz CT molecular complexity index is 1960. The SMILES string of the molecule is CCCC1=C(C(=O)OCC)[C@H](c2cccc(OC)c2)n2c(s/c(=C/c3cn(CC(=O)N4CCOCC4)c4ccccc34)c2=O)=N1. The van der Waals surface area contributed by atoms with Crippen molar-refractivity contribution in [3.05, 3.63) is 96.8 Å². The largest absolute Gasteiger partial charge is 0.497 e. The zero-order chi connectivity index (χ0) is 31.5. The second-order valence-corrected chi connectivity index (χ2v) is 11.9.